The first-order valence-corrected chi connectivity index (χ1v) is 6.51. The Kier molecular flexibility index (Phi) is 4.22. The summed E-state index contributed by atoms with van der Waals surface area (Å²) < 4.78 is 5.25. The third-order valence-corrected chi connectivity index (χ3v) is 3.23. The van der Waals surface area contributed by atoms with Crippen LogP contribution in [0.15, 0.2) is 30.5 Å². The van der Waals surface area contributed by atoms with Crippen molar-refractivity contribution < 1.29 is 4.74 Å². The summed E-state index contributed by atoms with van der Waals surface area (Å²) in [5, 5.41) is 2.27. The number of ether oxygens (including phenoxy) is 1. The highest BCUT2D eigenvalue weighted by atomic mass is 16.5. The number of rotatable bonds is 5. The zero-order valence-electron chi connectivity index (χ0n) is 11.8. The molecule has 1 unspecified atom stereocenters. The number of anilines is 1. The van der Waals surface area contributed by atoms with Crippen molar-refractivity contribution in [2.75, 3.05) is 25.6 Å². The number of benzene rings is 1. The van der Waals surface area contributed by atoms with E-state index in [1.807, 2.05) is 38.4 Å². The van der Waals surface area contributed by atoms with Gasteiger partial charge in [-0.05, 0) is 43.0 Å². The molecule has 1 aromatic carbocycles. The van der Waals surface area contributed by atoms with E-state index in [0.717, 1.165) is 35.3 Å². The maximum Gasteiger partial charge on any atom is 0.136 e. The highest BCUT2D eigenvalue weighted by molar-refractivity contribution is 5.92. The van der Waals surface area contributed by atoms with E-state index in [1.165, 1.54) is 0 Å². The number of methoxy groups -OCH3 is 1. The minimum Gasteiger partial charge on any atom is -0.497 e. The number of nitrogens with two attached hydrogens (primary N) is 1. The predicted octanol–water partition coefficient (Wildman–Crippen LogP) is 2.42. The summed E-state index contributed by atoms with van der Waals surface area (Å²) in [6.07, 6.45) is 2.78. The second-order valence-corrected chi connectivity index (χ2v) is 4.91. The summed E-state index contributed by atoms with van der Waals surface area (Å²) >= 11 is 0. The third-order valence-electron chi connectivity index (χ3n) is 3.23. The van der Waals surface area contributed by atoms with E-state index in [4.69, 9.17) is 10.5 Å². The number of hydrogen-bond donors (Lipinski definition) is 1. The summed E-state index contributed by atoms with van der Waals surface area (Å²) in [7, 11) is 3.73. The molecule has 1 atom stereocenters. The molecule has 0 aliphatic rings. The van der Waals surface area contributed by atoms with Crippen molar-refractivity contribution in [2.45, 2.75) is 19.4 Å². The van der Waals surface area contributed by atoms with Gasteiger partial charge in [0.2, 0.25) is 0 Å². The molecule has 0 aliphatic carbocycles. The van der Waals surface area contributed by atoms with Gasteiger partial charge in [-0.2, -0.15) is 0 Å². The van der Waals surface area contributed by atoms with E-state index >= 15 is 0 Å². The molecule has 0 saturated carbocycles. The Balaban J connectivity index is 2.32. The minimum atomic E-state index is 0.206. The third kappa shape index (κ3) is 3.15. The minimum absolute atomic E-state index is 0.206. The molecule has 2 N–H and O–H groups in total. The van der Waals surface area contributed by atoms with Crippen LogP contribution in [0.2, 0.25) is 0 Å². The number of aromatic nitrogens is 1. The zero-order valence-corrected chi connectivity index (χ0v) is 11.8. The molecule has 1 aromatic heterocycles. The van der Waals surface area contributed by atoms with Crippen molar-refractivity contribution >= 4 is 16.6 Å². The fourth-order valence-electron chi connectivity index (χ4n) is 2.07. The van der Waals surface area contributed by atoms with Crippen LogP contribution in [0.4, 0.5) is 5.82 Å². The molecule has 102 valence electrons. The molecule has 0 spiro atoms. The fraction of sp³-hybridized carbons (Fsp3) is 0.400. The normalized spacial score (nSPS) is 12.4. The number of pyridine rings is 1. The van der Waals surface area contributed by atoms with Crippen LogP contribution < -0.4 is 15.4 Å². The van der Waals surface area contributed by atoms with Gasteiger partial charge in [-0.3, -0.25) is 0 Å². The summed E-state index contributed by atoms with van der Waals surface area (Å²) in [5.74, 6) is 1.85. The second-order valence-electron chi connectivity index (χ2n) is 4.91. The number of hydrogen-bond acceptors (Lipinski definition) is 4. The molecule has 1 heterocycles. The maximum absolute atomic E-state index is 5.81. The highest BCUT2D eigenvalue weighted by Gasteiger charge is 2.08. The Labute approximate surface area is 114 Å². The molecular formula is C15H21N3O. The van der Waals surface area contributed by atoms with Crippen molar-refractivity contribution in [3.63, 3.8) is 0 Å². The fourth-order valence-corrected chi connectivity index (χ4v) is 2.07. The Bertz CT molecular complexity index is 554. The summed E-state index contributed by atoms with van der Waals surface area (Å²) in [4.78, 5) is 6.64. The second kappa shape index (κ2) is 5.89. The molecule has 0 bridgehead atoms. The smallest absolute Gasteiger partial charge is 0.136 e. The quantitative estimate of drug-likeness (QED) is 0.896. The van der Waals surface area contributed by atoms with Crippen molar-refractivity contribution in [1.29, 1.82) is 0 Å². The van der Waals surface area contributed by atoms with E-state index in [2.05, 4.69) is 16.0 Å². The molecule has 0 fully saturated rings. The molecule has 0 saturated heterocycles. The van der Waals surface area contributed by atoms with Crippen LogP contribution in [0, 0.1) is 0 Å². The molecule has 2 aromatic rings. The molecule has 0 aliphatic heterocycles. The van der Waals surface area contributed by atoms with Gasteiger partial charge in [-0.1, -0.05) is 0 Å². The van der Waals surface area contributed by atoms with Crippen molar-refractivity contribution in [3.8, 4) is 5.75 Å². The Hall–Kier alpha value is -1.81. The Morgan fingerprint density at radius 2 is 2.16 bits per heavy atom. The van der Waals surface area contributed by atoms with Crippen LogP contribution in [-0.4, -0.2) is 31.7 Å². The highest BCUT2D eigenvalue weighted by Crippen LogP contribution is 2.27. The Morgan fingerprint density at radius 3 is 2.84 bits per heavy atom. The lowest BCUT2D eigenvalue weighted by Crippen LogP contribution is -2.26. The average Bonchev–Trinajstić information content (AvgIpc) is 2.43. The molecule has 0 radical (unpaired) electrons. The first kappa shape index (κ1) is 13.6. The van der Waals surface area contributed by atoms with E-state index in [0.29, 0.717) is 0 Å². The van der Waals surface area contributed by atoms with E-state index in [9.17, 15) is 0 Å². The number of fused-ring (bicyclic) bond motifs is 1. The molecule has 4 nitrogen and oxygen atoms in total. The maximum atomic E-state index is 5.81. The van der Waals surface area contributed by atoms with Gasteiger partial charge in [0.05, 0.1) is 7.11 Å². The molecule has 19 heavy (non-hydrogen) atoms. The summed E-state index contributed by atoms with van der Waals surface area (Å²) in [6, 6.07) is 8.25. The van der Waals surface area contributed by atoms with Crippen LogP contribution in [0.3, 0.4) is 0 Å². The largest absolute Gasteiger partial charge is 0.497 e. The van der Waals surface area contributed by atoms with Crippen molar-refractivity contribution in [1.82, 2.24) is 4.98 Å². The summed E-state index contributed by atoms with van der Waals surface area (Å²) in [5.41, 5.74) is 5.81. The van der Waals surface area contributed by atoms with Gasteiger partial charge >= 0.3 is 0 Å². The van der Waals surface area contributed by atoms with Gasteiger partial charge in [0.15, 0.2) is 0 Å². The predicted molar refractivity (Wildman–Crippen MR) is 79.8 cm³/mol. The topological polar surface area (TPSA) is 51.4 Å². The van der Waals surface area contributed by atoms with Gasteiger partial charge in [-0.15, -0.1) is 0 Å². The molecule has 2 rings (SSSR count). The van der Waals surface area contributed by atoms with Crippen LogP contribution in [0.5, 0.6) is 5.75 Å². The summed E-state index contributed by atoms with van der Waals surface area (Å²) in [6.45, 7) is 2.92. The Morgan fingerprint density at radius 1 is 1.37 bits per heavy atom. The van der Waals surface area contributed by atoms with Crippen molar-refractivity contribution in [2.24, 2.45) is 5.73 Å². The van der Waals surface area contributed by atoms with E-state index < -0.39 is 0 Å². The lowest BCUT2D eigenvalue weighted by atomic mass is 10.1. The zero-order chi connectivity index (χ0) is 13.8. The lowest BCUT2D eigenvalue weighted by Gasteiger charge is -2.21. The molecular weight excluding hydrogens is 238 g/mol. The van der Waals surface area contributed by atoms with Gasteiger partial charge in [0, 0.05) is 31.2 Å². The molecule has 4 heteroatoms. The first-order valence-electron chi connectivity index (χ1n) is 6.51. The molecule has 0 amide bonds. The van der Waals surface area contributed by atoms with Gasteiger partial charge < -0.3 is 15.4 Å². The number of nitrogens with zero attached hydrogens (tertiary/aromatic N) is 2. The van der Waals surface area contributed by atoms with E-state index in [1.54, 1.807) is 7.11 Å². The van der Waals surface area contributed by atoms with Gasteiger partial charge in [-0.25, -0.2) is 4.98 Å². The standard InChI is InChI=1S/C15H21N3O/c1-11(16)7-9-18(2)15-14-5-4-13(19-3)10-12(14)6-8-17-15/h4-6,8,10-11H,7,9,16H2,1-3H3. The SMILES string of the molecule is COc1ccc2c(N(C)CCC(C)N)nccc2c1. The van der Waals surface area contributed by atoms with Crippen LogP contribution in [-0.2, 0) is 0 Å². The lowest BCUT2D eigenvalue weighted by molar-refractivity contribution is 0.415. The monoisotopic (exact) mass is 259 g/mol. The van der Waals surface area contributed by atoms with Crippen LogP contribution in [0.1, 0.15) is 13.3 Å². The van der Waals surface area contributed by atoms with Gasteiger partial charge in [0.1, 0.15) is 11.6 Å². The van der Waals surface area contributed by atoms with Crippen LogP contribution in [0.25, 0.3) is 10.8 Å². The average molecular weight is 259 g/mol. The first-order chi connectivity index (χ1) is 9.11. The van der Waals surface area contributed by atoms with Gasteiger partial charge in [0.25, 0.3) is 0 Å². The van der Waals surface area contributed by atoms with Crippen molar-refractivity contribution in [3.05, 3.63) is 30.5 Å². The van der Waals surface area contributed by atoms with Crippen LogP contribution >= 0.6 is 0 Å². The van der Waals surface area contributed by atoms with E-state index in [-0.39, 0.29) is 6.04 Å².